The lowest BCUT2D eigenvalue weighted by Crippen LogP contribution is -2.42. The lowest BCUT2D eigenvalue weighted by Gasteiger charge is -2.21. The summed E-state index contributed by atoms with van der Waals surface area (Å²) in [6, 6.07) is 2.69. The first-order valence-corrected chi connectivity index (χ1v) is 7.44. The van der Waals surface area contributed by atoms with Gasteiger partial charge in [-0.15, -0.1) is 0 Å². The van der Waals surface area contributed by atoms with E-state index in [1.807, 2.05) is 20.8 Å². The molecule has 0 saturated carbocycles. The molecule has 0 saturated heterocycles. The number of carbonyl (C=O) groups excluding carboxylic acids is 1. The molecule has 1 aromatic carbocycles. The Morgan fingerprint density at radius 3 is 2.46 bits per heavy atom. The number of hydrogen-bond donors (Lipinski definition) is 2. The highest BCUT2D eigenvalue weighted by Gasteiger charge is 2.23. The van der Waals surface area contributed by atoms with Gasteiger partial charge in [0.25, 0.3) is 11.6 Å². The minimum absolute atomic E-state index is 0.115. The second-order valence-electron chi connectivity index (χ2n) is 6.37. The molecule has 1 amide bonds. The van der Waals surface area contributed by atoms with Crippen LogP contribution in [-0.2, 0) is 9.53 Å². The zero-order chi connectivity index (χ0) is 18.5. The first-order chi connectivity index (χ1) is 11.0. The Kier molecular flexibility index (Phi) is 6.42. The average molecular weight is 338 g/mol. The van der Waals surface area contributed by atoms with Crippen molar-refractivity contribution in [3.05, 3.63) is 39.4 Å². The number of nitro benzene ring substituents is 1. The molecule has 0 spiro atoms. The number of benzene rings is 1. The van der Waals surface area contributed by atoms with Gasteiger partial charge in [0.15, 0.2) is 0 Å². The molecule has 8 heteroatoms. The number of nitrogens with zero attached hydrogens (tertiary/aromatic N) is 1. The molecule has 24 heavy (non-hydrogen) atoms. The summed E-state index contributed by atoms with van der Waals surface area (Å²) < 4.78 is 5.47. The Morgan fingerprint density at radius 2 is 2.00 bits per heavy atom. The predicted molar refractivity (Wildman–Crippen MR) is 87.0 cm³/mol. The van der Waals surface area contributed by atoms with E-state index in [2.05, 4.69) is 5.32 Å². The van der Waals surface area contributed by atoms with Gasteiger partial charge in [-0.1, -0.05) is 0 Å². The van der Waals surface area contributed by atoms with Crippen LogP contribution in [0.5, 0.6) is 0 Å². The average Bonchev–Trinajstić information content (AvgIpc) is 2.44. The third kappa shape index (κ3) is 5.96. The first-order valence-electron chi connectivity index (χ1n) is 7.44. The van der Waals surface area contributed by atoms with Crippen molar-refractivity contribution in [2.75, 3.05) is 6.61 Å². The number of ether oxygens (including phenoxy) is 1. The number of rotatable bonds is 7. The van der Waals surface area contributed by atoms with E-state index in [1.54, 1.807) is 6.92 Å². The summed E-state index contributed by atoms with van der Waals surface area (Å²) in [5.41, 5.74) is 0.0694. The van der Waals surface area contributed by atoms with Gasteiger partial charge in [0.2, 0.25) is 0 Å². The Labute approximate surface area is 140 Å². The standard InChI is InChI=1S/C16H22N2O6/c1-10-9-11(18(22)23)5-6-12(10)14(19)17-13(15(20)21)7-8-24-16(2,3)4/h5-6,9,13H,7-8H2,1-4H3,(H,17,19)(H,20,21). The van der Waals surface area contributed by atoms with E-state index in [9.17, 15) is 24.8 Å². The molecule has 132 valence electrons. The molecule has 0 aliphatic heterocycles. The summed E-state index contributed by atoms with van der Waals surface area (Å²) in [4.78, 5) is 33.7. The maximum absolute atomic E-state index is 12.2. The monoisotopic (exact) mass is 338 g/mol. The first kappa shape index (κ1) is 19.6. The van der Waals surface area contributed by atoms with Crippen molar-refractivity contribution in [1.29, 1.82) is 0 Å². The summed E-state index contributed by atoms with van der Waals surface area (Å²) in [5.74, 6) is -1.76. The summed E-state index contributed by atoms with van der Waals surface area (Å²) in [5, 5.41) is 22.4. The largest absolute Gasteiger partial charge is 0.480 e. The van der Waals surface area contributed by atoms with Crippen molar-refractivity contribution in [3.63, 3.8) is 0 Å². The number of amides is 1. The van der Waals surface area contributed by atoms with Crippen molar-refractivity contribution in [2.24, 2.45) is 0 Å². The second-order valence-corrected chi connectivity index (χ2v) is 6.37. The SMILES string of the molecule is Cc1cc([N+](=O)[O-])ccc1C(=O)NC(CCOC(C)(C)C)C(=O)O. The van der Waals surface area contributed by atoms with E-state index in [1.165, 1.54) is 18.2 Å². The highest BCUT2D eigenvalue weighted by molar-refractivity contribution is 5.98. The molecular formula is C16H22N2O6. The number of aliphatic carboxylic acids is 1. The van der Waals surface area contributed by atoms with Gasteiger partial charge in [-0.25, -0.2) is 4.79 Å². The van der Waals surface area contributed by atoms with Crippen molar-refractivity contribution in [2.45, 2.75) is 45.8 Å². The number of nitro groups is 1. The van der Waals surface area contributed by atoms with Crippen LogP contribution < -0.4 is 5.32 Å². The maximum atomic E-state index is 12.2. The number of aryl methyl sites for hydroxylation is 1. The molecule has 1 unspecified atom stereocenters. The minimum atomic E-state index is -1.17. The molecule has 1 rings (SSSR count). The molecule has 0 bridgehead atoms. The Bertz CT molecular complexity index is 636. The molecule has 8 nitrogen and oxygen atoms in total. The molecule has 1 atom stereocenters. The molecule has 1 aromatic rings. The fourth-order valence-corrected chi connectivity index (χ4v) is 1.99. The Balaban J connectivity index is 2.78. The molecule has 0 heterocycles. The summed E-state index contributed by atoms with van der Waals surface area (Å²) >= 11 is 0. The van der Waals surface area contributed by atoms with E-state index in [4.69, 9.17) is 4.74 Å². The summed E-state index contributed by atoms with van der Waals surface area (Å²) in [6.45, 7) is 7.28. The van der Waals surface area contributed by atoms with Gasteiger partial charge in [0, 0.05) is 30.7 Å². The fourth-order valence-electron chi connectivity index (χ4n) is 1.99. The normalized spacial score (nSPS) is 12.5. The van der Waals surface area contributed by atoms with Gasteiger partial charge in [-0.3, -0.25) is 14.9 Å². The fraction of sp³-hybridized carbons (Fsp3) is 0.500. The van der Waals surface area contributed by atoms with Crippen LogP contribution in [0.1, 0.15) is 43.1 Å². The third-order valence-corrected chi connectivity index (χ3v) is 3.21. The topological polar surface area (TPSA) is 119 Å². The molecule has 2 N–H and O–H groups in total. The Hall–Kier alpha value is -2.48. The summed E-state index contributed by atoms with van der Waals surface area (Å²) in [7, 11) is 0. The van der Waals surface area contributed by atoms with E-state index >= 15 is 0 Å². The molecule has 0 radical (unpaired) electrons. The van der Waals surface area contributed by atoms with E-state index < -0.39 is 28.4 Å². The van der Waals surface area contributed by atoms with Crippen LogP contribution in [0.2, 0.25) is 0 Å². The smallest absolute Gasteiger partial charge is 0.326 e. The highest BCUT2D eigenvalue weighted by Crippen LogP contribution is 2.17. The van der Waals surface area contributed by atoms with Crippen LogP contribution >= 0.6 is 0 Å². The zero-order valence-corrected chi connectivity index (χ0v) is 14.2. The molecule has 0 fully saturated rings. The van der Waals surface area contributed by atoms with Gasteiger partial charge in [-0.2, -0.15) is 0 Å². The van der Waals surface area contributed by atoms with Crippen molar-refractivity contribution >= 4 is 17.6 Å². The van der Waals surface area contributed by atoms with E-state index in [0.717, 1.165) is 0 Å². The van der Waals surface area contributed by atoms with Gasteiger partial charge >= 0.3 is 5.97 Å². The van der Waals surface area contributed by atoms with E-state index in [0.29, 0.717) is 5.56 Å². The van der Waals surface area contributed by atoms with Crippen LogP contribution in [0.4, 0.5) is 5.69 Å². The number of non-ortho nitro benzene ring substituents is 1. The quantitative estimate of drug-likeness (QED) is 0.581. The predicted octanol–water partition coefficient (Wildman–Crippen LogP) is 2.29. The van der Waals surface area contributed by atoms with Crippen LogP contribution in [0.25, 0.3) is 0 Å². The van der Waals surface area contributed by atoms with Crippen molar-refractivity contribution < 1.29 is 24.4 Å². The lowest BCUT2D eigenvalue weighted by atomic mass is 10.1. The Morgan fingerprint density at radius 1 is 1.38 bits per heavy atom. The second kappa shape index (κ2) is 7.87. The van der Waals surface area contributed by atoms with Crippen LogP contribution in [0, 0.1) is 17.0 Å². The molecular weight excluding hydrogens is 316 g/mol. The number of hydrogen-bond acceptors (Lipinski definition) is 5. The summed E-state index contributed by atoms with van der Waals surface area (Å²) in [6.07, 6.45) is 0.115. The number of carbonyl (C=O) groups is 2. The molecule has 0 aliphatic rings. The third-order valence-electron chi connectivity index (χ3n) is 3.21. The van der Waals surface area contributed by atoms with Crippen molar-refractivity contribution in [1.82, 2.24) is 5.32 Å². The highest BCUT2D eigenvalue weighted by atomic mass is 16.6. The van der Waals surface area contributed by atoms with Crippen LogP contribution in [-0.4, -0.2) is 40.2 Å². The molecule has 0 aliphatic carbocycles. The number of carboxylic acid groups (broad SMARTS) is 1. The van der Waals surface area contributed by atoms with Crippen molar-refractivity contribution in [3.8, 4) is 0 Å². The van der Waals surface area contributed by atoms with Crippen LogP contribution in [0.15, 0.2) is 18.2 Å². The van der Waals surface area contributed by atoms with Gasteiger partial charge in [-0.05, 0) is 39.3 Å². The minimum Gasteiger partial charge on any atom is -0.480 e. The van der Waals surface area contributed by atoms with Gasteiger partial charge in [0.1, 0.15) is 6.04 Å². The number of nitrogens with one attached hydrogen (secondary N) is 1. The zero-order valence-electron chi connectivity index (χ0n) is 14.2. The van der Waals surface area contributed by atoms with E-state index in [-0.39, 0.29) is 24.3 Å². The van der Waals surface area contributed by atoms with Gasteiger partial charge in [0.05, 0.1) is 10.5 Å². The van der Waals surface area contributed by atoms with Crippen LogP contribution in [0.3, 0.4) is 0 Å². The van der Waals surface area contributed by atoms with Gasteiger partial charge < -0.3 is 15.2 Å². The lowest BCUT2D eigenvalue weighted by molar-refractivity contribution is -0.384. The number of carboxylic acids is 1. The molecule has 0 aromatic heterocycles. The maximum Gasteiger partial charge on any atom is 0.326 e.